The monoisotopic (exact) mass is 501 g/mol. The molecule has 1 aliphatic rings. The number of carboxylic acid groups (broad SMARTS) is 1. The molecule has 1 saturated heterocycles. The molecule has 0 bridgehead atoms. The Kier molecular flexibility index (Phi) is 7.76. The van der Waals surface area contributed by atoms with Crippen LogP contribution >= 0.6 is 0 Å². The minimum Gasteiger partial charge on any atom is -0.481 e. The van der Waals surface area contributed by atoms with Crippen molar-refractivity contribution in [1.82, 2.24) is 19.6 Å². The summed E-state index contributed by atoms with van der Waals surface area (Å²) in [5, 5.41) is 14.5. The van der Waals surface area contributed by atoms with Crippen LogP contribution in [0.3, 0.4) is 0 Å². The first-order chi connectivity index (χ1) is 17.8. The largest absolute Gasteiger partial charge is 0.481 e. The second kappa shape index (κ2) is 11.0. The lowest BCUT2D eigenvalue weighted by Crippen LogP contribution is -2.39. The van der Waals surface area contributed by atoms with E-state index in [-0.39, 0.29) is 11.8 Å². The van der Waals surface area contributed by atoms with Gasteiger partial charge in [-0.3, -0.25) is 4.79 Å². The Morgan fingerprint density at radius 2 is 1.70 bits per heavy atom. The molecule has 0 saturated carbocycles. The number of fused-ring (bicyclic) bond motifs is 1. The van der Waals surface area contributed by atoms with Gasteiger partial charge in [0.25, 0.3) is 0 Å². The Labute approximate surface area is 217 Å². The molecule has 0 unspecified atom stereocenters. The van der Waals surface area contributed by atoms with Gasteiger partial charge < -0.3 is 14.7 Å². The third kappa shape index (κ3) is 5.90. The van der Waals surface area contributed by atoms with Crippen molar-refractivity contribution in [2.45, 2.75) is 53.9 Å². The predicted octanol–water partition coefficient (Wildman–Crippen LogP) is 6.17. The SMILES string of the molecule is CC.Cc1nc2cc(-c3cccc(Oc4ccccc4)n3)nn2c(N2CCC(C)(C)CC2)c1CC(=O)O. The van der Waals surface area contributed by atoms with Gasteiger partial charge in [0.1, 0.15) is 17.3 Å². The van der Waals surface area contributed by atoms with Gasteiger partial charge in [0.15, 0.2) is 5.65 Å². The van der Waals surface area contributed by atoms with Gasteiger partial charge in [-0.05, 0) is 43.4 Å². The predicted molar refractivity (Wildman–Crippen MR) is 145 cm³/mol. The summed E-state index contributed by atoms with van der Waals surface area (Å²) in [5.74, 6) is 1.11. The number of nitrogens with zero attached hydrogens (tertiary/aromatic N) is 5. The molecule has 0 spiro atoms. The number of aromatic nitrogens is 4. The molecule has 0 amide bonds. The van der Waals surface area contributed by atoms with E-state index in [4.69, 9.17) is 14.8 Å². The van der Waals surface area contributed by atoms with Crippen LogP contribution in [0, 0.1) is 12.3 Å². The van der Waals surface area contributed by atoms with Gasteiger partial charge in [-0.2, -0.15) is 9.61 Å². The van der Waals surface area contributed by atoms with E-state index < -0.39 is 5.97 Å². The Morgan fingerprint density at radius 1 is 1.00 bits per heavy atom. The highest BCUT2D eigenvalue weighted by Crippen LogP contribution is 2.35. The molecule has 5 rings (SSSR count). The van der Waals surface area contributed by atoms with E-state index in [1.54, 1.807) is 10.6 Å². The second-order valence-corrected chi connectivity index (χ2v) is 9.80. The van der Waals surface area contributed by atoms with Crippen LogP contribution in [0.2, 0.25) is 0 Å². The summed E-state index contributed by atoms with van der Waals surface area (Å²) in [7, 11) is 0. The number of pyridine rings is 1. The van der Waals surface area contributed by atoms with Gasteiger partial charge in [0, 0.05) is 36.5 Å². The number of anilines is 1. The van der Waals surface area contributed by atoms with Gasteiger partial charge in [0.2, 0.25) is 5.88 Å². The van der Waals surface area contributed by atoms with Crippen molar-refractivity contribution in [1.29, 1.82) is 0 Å². The zero-order valence-electron chi connectivity index (χ0n) is 22.2. The smallest absolute Gasteiger partial charge is 0.308 e. The van der Waals surface area contributed by atoms with E-state index in [9.17, 15) is 9.90 Å². The molecule has 8 nitrogen and oxygen atoms in total. The highest BCUT2D eigenvalue weighted by molar-refractivity contribution is 5.75. The lowest BCUT2D eigenvalue weighted by atomic mass is 9.82. The molecule has 0 radical (unpaired) electrons. The number of hydrogen-bond donors (Lipinski definition) is 1. The lowest BCUT2D eigenvalue weighted by Gasteiger charge is -2.38. The normalized spacial score (nSPS) is 14.7. The highest BCUT2D eigenvalue weighted by Gasteiger charge is 2.29. The summed E-state index contributed by atoms with van der Waals surface area (Å²) in [5.41, 5.74) is 3.66. The number of hydrogen-bond acceptors (Lipinski definition) is 6. The van der Waals surface area contributed by atoms with Gasteiger partial charge >= 0.3 is 5.97 Å². The average Bonchev–Trinajstić information content (AvgIpc) is 3.30. The molecule has 194 valence electrons. The maximum atomic E-state index is 11.7. The van der Waals surface area contributed by atoms with Gasteiger partial charge in [-0.1, -0.05) is 52.0 Å². The quantitative estimate of drug-likeness (QED) is 0.338. The van der Waals surface area contributed by atoms with Crippen LogP contribution in [-0.4, -0.2) is 43.7 Å². The maximum Gasteiger partial charge on any atom is 0.308 e. The van der Waals surface area contributed by atoms with Crippen LogP contribution in [-0.2, 0) is 11.2 Å². The van der Waals surface area contributed by atoms with Crippen LogP contribution in [0.4, 0.5) is 5.82 Å². The van der Waals surface area contributed by atoms with Crippen LogP contribution in [0.15, 0.2) is 54.6 Å². The van der Waals surface area contributed by atoms with Crippen LogP contribution in [0.5, 0.6) is 11.6 Å². The van der Waals surface area contributed by atoms with E-state index in [1.807, 2.05) is 69.3 Å². The van der Waals surface area contributed by atoms with Crippen molar-refractivity contribution >= 4 is 17.4 Å². The summed E-state index contributed by atoms with van der Waals surface area (Å²) < 4.78 is 7.68. The molecule has 0 atom stereocenters. The summed E-state index contributed by atoms with van der Waals surface area (Å²) in [6.07, 6.45) is 1.95. The van der Waals surface area contributed by atoms with E-state index in [1.165, 1.54) is 0 Å². The first-order valence-electron chi connectivity index (χ1n) is 12.9. The standard InChI is InChI=1S/C27H29N5O3.C2H6/c1-18-20(16-25(33)34)26(31-14-12-27(2,3)13-15-31)32-23(28-18)17-22(30-32)21-10-7-11-24(29-21)35-19-8-5-4-6-9-19;1-2/h4-11,17H,12-16H2,1-3H3,(H,33,34);1-2H3. The molecule has 1 fully saturated rings. The number of para-hydroxylation sites is 1. The number of carbonyl (C=O) groups is 1. The minimum absolute atomic E-state index is 0.0994. The number of piperidine rings is 1. The van der Waals surface area contributed by atoms with Gasteiger partial charge in [0.05, 0.1) is 12.1 Å². The number of benzene rings is 1. The Hall–Kier alpha value is -3.94. The molecule has 1 aromatic carbocycles. The Morgan fingerprint density at radius 3 is 2.38 bits per heavy atom. The zero-order chi connectivity index (χ0) is 26.6. The summed E-state index contributed by atoms with van der Waals surface area (Å²) >= 11 is 0. The molecule has 8 heteroatoms. The zero-order valence-corrected chi connectivity index (χ0v) is 22.2. The van der Waals surface area contributed by atoms with Crippen molar-refractivity contribution in [3.05, 3.63) is 65.9 Å². The number of aryl methyl sites for hydroxylation is 1. The Bertz CT molecular complexity index is 1370. The summed E-state index contributed by atoms with van der Waals surface area (Å²) in [4.78, 5) is 23.3. The van der Waals surface area contributed by atoms with Crippen LogP contribution in [0.25, 0.3) is 17.0 Å². The lowest BCUT2D eigenvalue weighted by molar-refractivity contribution is -0.136. The van der Waals surface area contributed by atoms with Crippen molar-refractivity contribution in [2.24, 2.45) is 5.41 Å². The van der Waals surface area contributed by atoms with E-state index >= 15 is 0 Å². The number of rotatable bonds is 6. The number of ether oxygens (including phenoxy) is 1. The van der Waals surface area contributed by atoms with Gasteiger partial charge in [-0.15, -0.1) is 0 Å². The van der Waals surface area contributed by atoms with Crippen LogP contribution < -0.4 is 9.64 Å². The molecular formula is C29H35N5O3. The first kappa shape index (κ1) is 26.1. The van der Waals surface area contributed by atoms with Crippen molar-refractivity contribution in [2.75, 3.05) is 18.0 Å². The molecule has 1 aliphatic heterocycles. The van der Waals surface area contributed by atoms with Gasteiger partial charge in [-0.25, -0.2) is 9.97 Å². The molecule has 3 aromatic heterocycles. The topological polar surface area (TPSA) is 92.9 Å². The second-order valence-electron chi connectivity index (χ2n) is 9.80. The third-order valence-electron chi connectivity index (χ3n) is 6.58. The minimum atomic E-state index is -0.882. The number of aliphatic carboxylic acids is 1. The summed E-state index contributed by atoms with van der Waals surface area (Å²) in [6, 6.07) is 17.0. The van der Waals surface area contributed by atoms with E-state index in [0.29, 0.717) is 39.9 Å². The third-order valence-corrected chi connectivity index (χ3v) is 6.58. The molecule has 1 N–H and O–H groups in total. The van der Waals surface area contributed by atoms with E-state index in [0.717, 1.165) is 31.7 Å². The molecule has 4 aromatic rings. The fourth-order valence-corrected chi connectivity index (χ4v) is 4.49. The molecule has 37 heavy (non-hydrogen) atoms. The average molecular weight is 502 g/mol. The number of carboxylic acids is 1. The molecule has 4 heterocycles. The molecule has 0 aliphatic carbocycles. The molecular weight excluding hydrogens is 466 g/mol. The first-order valence-corrected chi connectivity index (χ1v) is 12.9. The van der Waals surface area contributed by atoms with Crippen molar-refractivity contribution in [3.63, 3.8) is 0 Å². The Balaban J connectivity index is 0.00000156. The van der Waals surface area contributed by atoms with E-state index in [2.05, 4.69) is 23.7 Å². The summed E-state index contributed by atoms with van der Waals surface area (Å²) in [6.45, 7) is 12.1. The van der Waals surface area contributed by atoms with Crippen molar-refractivity contribution < 1.29 is 14.6 Å². The fourth-order valence-electron chi connectivity index (χ4n) is 4.49. The van der Waals surface area contributed by atoms with Crippen molar-refractivity contribution in [3.8, 4) is 23.0 Å². The fraction of sp³-hybridized carbons (Fsp3) is 0.379. The maximum absolute atomic E-state index is 11.7. The highest BCUT2D eigenvalue weighted by atomic mass is 16.5. The van der Waals surface area contributed by atoms with Crippen LogP contribution in [0.1, 0.15) is 51.8 Å².